The summed E-state index contributed by atoms with van der Waals surface area (Å²) in [6, 6.07) is 2.97. The summed E-state index contributed by atoms with van der Waals surface area (Å²) in [5, 5.41) is 12.9. The maximum absolute atomic E-state index is 13.2. The average Bonchev–Trinajstić information content (AvgIpc) is 2.89. The first-order valence-electron chi connectivity index (χ1n) is 12.3. The Balaban J connectivity index is 1.77. The smallest absolute Gasteiger partial charge is 0.343 e. The quantitative estimate of drug-likeness (QED) is 0.349. The van der Waals surface area contributed by atoms with Crippen LogP contribution in [-0.2, 0) is 27.2 Å². The number of thioether (sulfide) groups is 1. The van der Waals surface area contributed by atoms with Gasteiger partial charge in [-0.1, -0.05) is 11.8 Å². The van der Waals surface area contributed by atoms with E-state index < -0.39 is 23.5 Å². The number of amides is 2. The Kier molecular flexibility index (Phi) is 7.73. The second-order valence-electron chi connectivity index (χ2n) is 9.38. The molecule has 0 aliphatic carbocycles. The zero-order valence-corrected chi connectivity index (χ0v) is 22.3. The zero-order chi connectivity index (χ0) is 26.9. The molecule has 10 heteroatoms. The van der Waals surface area contributed by atoms with Gasteiger partial charge in [-0.15, -0.1) is 0 Å². The molecule has 2 amide bonds. The number of nitrogens with zero attached hydrogens (tertiary/aromatic N) is 3. The van der Waals surface area contributed by atoms with E-state index >= 15 is 0 Å². The molecule has 0 saturated heterocycles. The van der Waals surface area contributed by atoms with Crippen LogP contribution in [0.2, 0.25) is 0 Å². The van der Waals surface area contributed by atoms with Crippen LogP contribution in [0.3, 0.4) is 0 Å². The van der Waals surface area contributed by atoms with Crippen molar-refractivity contribution in [2.24, 2.45) is 0 Å². The van der Waals surface area contributed by atoms with Crippen molar-refractivity contribution in [1.82, 2.24) is 10.2 Å². The third-order valence-corrected chi connectivity index (χ3v) is 8.00. The van der Waals surface area contributed by atoms with Gasteiger partial charge in [0.15, 0.2) is 5.12 Å². The molecule has 0 bridgehead atoms. The summed E-state index contributed by atoms with van der Waals surface area (Å²) in [5.74, 6) is -1.15. The summed E-state index contributed by atoms with van der Waals surface area (Å²) in [6.07, 6.45) is 5.08. The van der Waals surface area contributed by atoms with Crippen LogP contribution in [0.1, 0.15) is 42.0 Å². The number of nitrogens with one attached hydrogen (secondary N) is 1. The molecule has 0 unspecified atom stereocenters. The Bertz CT molecular complexity index is 1420. The Labute approximate surface area is 219 Å². The number of carbonyl (C=O) groups excluding carboxylic acids is 3. The Morgan fingerprint density at radius 1 is 1.30 bits per heavy atom. The van der Waals surface area contributed by atoms with E-state index in [1.54, 1.807) is 6.92 Å². The standard InChI is InChI=1S/C27H30N4O5S/c1-15-20-11-17-7-5-9-31-10-6-8-19(23(17)31)24(20)36-27(35)21(15)12-18(13-28)26(34)30(4)22(25(33)29-3)14-37-16(2)32/h11-12,22H,5-10,14H2,1-4H3,(H,29,33)/b18-12+/t22-/m0/s1. The molecule has 1 aromatic heterocycles. The molecular weight excluding hydrogens is 492 g/mol. The number of likely N-dealkylation sites (N-methyl/N-ethyl adjacent to an activating group) is 2. The lowest BCUT2D eigenvalue weighted by Gasteiger charge is -2.37. The highest BCUT2D eigenvalue weighted by Gasteiger charge is 2.30. The van der Waals surface area contributed by atoms with Crippen molar-refractivity contribution in [2.45, 2.75) is 45.6 Å². The lowest BCUT2D eigenvalue weighted by molar-refractivity contribution is -0.134. The number of fused-ring (bicyclic) bond motifs is 2. The summed E-state index contributed by atoms with van der Waals surface area (Å²) >= 11 is 0.913. The van der Waals surface area contributed by atoms with Crippen LogP contribution in [0.25, 0.3) is 17.0 Å². The van der Waals surface area contributed by atoms with Gasteiger partial charge >= 0.3 is 5.63 Å². The summed E-state index contributed by atoms with van der Waals surface area (Å²) in [7, 11) is 2.83. The molecular formula is C27H30N4O5S. The maximum atomic E-state index is 13.2. The van der Waals surface area contributed by atoms with Crippen LogP contribution in [0.4, 0.5) is 5.69 Å². The highest BCUT2D eigenvalue weighted by molar-refractivity contribution is 8.13. The lowest BCUT2D eigenvalue weighted by atomic mass is 9.88. The highest BCUT2D eigenvalue weighted by atomic mass is 32.2. The molecule has 0 spiro atoms. The molecule has 2 aromatic rings. The van der Waals surface area contributed by atoms with Crippen molar-refractivity contribution >= 4 is 51.4 Å². The number of rotatable bonds is 6. The summed E-state index contributed by atoms with van der Waals surface area (Å²) < 4.78 is 5.83. The van der Waals surface area contributed by atoms with Gasteiger partial charge in [0.1, 0.15) is 23.3 Å². The van der Waals surface area contributed by atoms with Crippen molar-refractivity contribution in [2.75, 3.05) is 37.8 Å². The Morgan fingerprint density at radius 2 is 2.00 bits per heavy atom. The van der Waals surface area contributed by atoms with E-state index in [4.69, 9.17) is 4.42 Å². The minimum Gasteiger partial charge on any atom is -0.422 e. The van der Waals surface area contributed by atoms with Crippen molar-refractivity contribution in [3.63, 3.8) is 0 Å². The van der Waals surface area contributed by atoms with E-state index in [1.165, 1.54) is 38.3 Å². The lowest BCUT2D eigenvalue weighted by Crippen LogP contribution is -2.48. The fourth-order valence-corrected chi connectivity index (χ4v) is 5.95. The normalized spacial score (nSPS) is 15.5. The van der Waals surface area contributed by atoms with E-state index in [-0.39, 0.29) is 22.0 Å². The number of hydrogen-bond acceptors (Lipinski definition) is 8. The minimum atomic E-state index is -0.972. The van der Waals surface area contributed by atoms with E-state index in [0.717, 1.165) is 66.4 Å². The third-order valence-electron chi connectivity index (χ3n) is 7.12. The number of carbonyl (C=O) groups is 3. The van der Waals surface area contributed by atoms with Gasteiger partial charge in [-0.25, -0.2) is 4.79 Å². The number of aryl methyl sites for hydroxylation is 3. The van der Waals surface area contributed by atoms with Crippen molar-refractivity contribution < 1.29 is 18.8 Å². The predicted molar refractivity (Wildman–Crippen MR) is 143 cm³/mol. The zero-order valence-electron chi connectivity index (χ0n) is 21.5. The van der Waals surface area contributed by atoms with Crippen LogP contribution in [0.5, 0.6) is 0 Å². The summed E-state index contributed by atoms with van der Waals surface area (Å²) in [6.45, 7) is 5.17. The largest absolute Gasteiger partial charge is 0.422 e. The monoisotopic (exact) mass is 522 g/mol. The molecule has 0 saturated carbocycles. The molecule has 9 nitrogen and oxygen atoms in total. The topological polar surface area (TPSA) is 124 Å². The van der Waals surface area contributed by atoms with Gasteiger partial charge in [-0.2, -0.15) is 5.26 Å². The molecule has 3 heterocycles. The van der Waals surface area contributed by atoms with Crippen LogP contribution >= 0.6 is 11.8 Å². The van der Waals surface area contributed by atoms with Crippen molar-refractivity contribution in [1.29, 1.82) is 5.26 Å². The van der Waals surface area contributed by atoms with Crippen molar-refractivity contribution in [3.8, 4) is 6.07 Å². The molecule has 4 rings (SSSR count). The third kappa shape index (κ3) is 5.01. The predicted octanol–water partition coefficient (Wildman–Crippen LogP) is 2.56. The van der Waals surface area contributed by atoms with Gasteiger partial charge in [-0.05, 0) is 55.9 Å². The SMILES string of the molecule is CNC(=O)[C@H](CSC(C)=O)N(C)C(=O)/C(C#N)=C/c1c(C)c2cc3c4c(c2oc1=O)CCCN4CCC3. The van der Waals surface area contributed by atoms with Gasteiger partial charge in [0.05, 0.1) is 5.56 Å². The number of anilines is 1. The second kappa shape index (κ2) is 10.8. The fraction of sp³-hybridized carbons (Fsp3) is 0.444. The molecule has 0 radical (unpaired) electrons. The van der Waals surface area contributed by atoms with E-state index in [1.807, 2.05) is 6.07 Å². The Hall–Kier alpha value is -3.58. The highest BCUT2D eigenvalue weighted by Crippen LogP contribution is 2.40. The van der Waals surface area contributed by atoms with Crippen LogP contribution < -0.4 is 15.8 Å². The van der Waals surface area contributed by atoms with Crippen molar-refractivity contribution in [3.05, 3.63) is 44.3 Å². The number of benzene rings is 1. The molecule has 1 atom stereocenters. The molecule has 2 aliphatic heterocycles. The Morgan fingerprint density at radius 3 is 2.65 bits per heavy atom. The van der Waals surface area contributed by atoms with Crippen LogP contribution in [0.15, 0.2) is 20.9 Å². The number of hydrogen-bond donors (Lipinski definition) is 1. The summed E-state index contributed by atoms with van der Waals surface area (Å²) in [5.41, 5.74) is 3.91. The molecule has 37 heavy (non-hydrogen) atoms. The van der Waals surface area contributed by atoms with Crippen LogP contribution in [-0.4, -0.2) is 60.8 Å². The molecule has 2 aliphatic rings. The summed E-state index contributed by atoms with van der Waals surface area (Å²) in [4.78, 5) is 53.7. The fourth-order valence-electron chi connectivity index (χ4n) is 5.18. The number of nitriles is 1. The van der Waals surface area contributed by atoms with Gasteiger partial charge in [0, 0.05) is 56.5 Å². The minimum absolute atomic E-state index is 0.0397. The molecule has 1 N–H and O–H groups in total. The first kappa shape index (κ1) is 26.5. The maximum Gasteiger partial charge on any atom is 0.343 e. The van der Waals surface area contributed by atoms with Crippen LogP contribution in [0, 0.1) is 18.3 Å². The van der Waals surface area contributed by atoms with E-state index in [2.05, 4.69) is 16.3 Å². The molecule has 194 valence electrons. The molecule has 1 aromatic carbocycles. The first-order chi connectivity index (χ1) is 17.7. The van der Waals surface area contributed by atoms with Gasteiger partial charge < -0.3 is 19.5 Å². The van der Waals surface area contributed by atoms with Gasteiger partial charge in [0.25, 0.3) is 5.91 Å². The second-order valence-corrected chi connectivity index (χ2v) is 10.6. The van der Waals surface area contributed by atoms with E-state index in [9.17, 15) is 24.4 Å². The first-order valence-corrected chi connectivity index (χ1v) is 13.3. The van der Waals surface area contributed by atoms with E-state index in [0.29, 0.717) is 11.1 Å². The average molecular weight is 523 g/mol. The molecule has 0 fully saturated rings. The van der Waals surface area contributed by atoms with Gasteiger partial charge in [0.2, 0.25) is 5.91 Å². The van der Waals surface area contributed by atoms with Gasteiger partial charge in [-0.3, -0.25) is 14.4 Å².